The maximum Gasteiger partial charge on any atom is 0.255 e. The minimum absolute atomic E-state index is 0.128. The summed E-state index contributed by atoms with van der Waals surface area (Å²) in [6, 6.07) is 25.3. The molecule has 0 fully saturated rings. The van der Waals surface area contributed by atoms with Crippen molar-refractivity contribution in [2.24, 2.45) is 0 Å². The molecule has 0 radical (unpaired) electrons. The molecule has 4 rings (SSSR count). The van der Waals surface area contributed by atoms with Gasteiger partial charge in [0.25, 0.3) is 17.7 Å². The van der Waals surface area contributed by atoms with Crippen LogP contribution in [0.1, 0.15) is 31.1 Å². The van der Waals surface area contributed by atoms with Crippen LogP contribution in [0.2, 0.25) is 0 Å². The molecule has 36 heavy (non-hydrogen) atoms. The van der Waals surface area contributed by atoms with Crippen molar-refractivity contribution in [1.29, 1.82) is 0 Å². The Kier molecular flexibility index (Phi) is 8.04. The molecular formula is C27H21N3O3S3. The van der Waals surface area contributed by atoms with Gasteiger partial charge in [0.2, 0.25) is 0 Å². The normalized spacial score (nSPS) is 10.4. The number of carbonyl (C=O) groups excluding carboxylic acids is 3. The van der Waals surface area contributed by atoms with E-state index in [1.165, 1.54) is 18.2 Å². The summed E-state index contributed by atoms with van der Waals surface area (Å²) in [5.74, 6) is -1.49. The number of hydrogen-bond acceptors (Lipinski definition) is 6. The van der Waals surface area contributed by atoms with E-state index in [9.17, 15) is 14.4 Å². The minimum atomic E-state index is -0.496. The molecule has 3 N–H and O–H groups in total. The fraction of sp³-hybridized carbons (Fsp3) is 0. The second kappa shape index (κ2) is 11.4. The Hall–Kier alpha value is -3.66. The van der Waals surface area contributed by atoms with Gasteiger partial charge in [0.15, 0.2) is 0 Å². The van der Waals surface area contributed by atoms with Gasteiger partial charge in [-0.15, -0.1) is 37.9 Å². The highest BCUT2D eigenvalue weighted by molar-refractivity contribution is 7.80. The molecule has 6 nitrogen and oxygen atoms in total. The van der Waals surface area contributed by atoms with E-state index in [-0.39, 0.29) is 16.7 Å². The van der Waals surface area contributed by atoms with Crippen LogP contribution >= 0.6 is 37.9 Å². The van der Waals surface area contributed by atoms with Gasteiger partial charge in [0, 0.05) is 31.4 Å². The van der Waals surface area contributed by atoms with Crippen LogP contribution in [0.5, 0.6) is 0 Å². The van der Waals surface area contributed by atoms with Gasteiger partial charge in [0.1, 0.15) is 0 Å². The summed E-state index contributed by atoms with van der Waals surface area (Å²) >= 11 is 13.1. The molecule has 4 aromatic carbocycles. The summed E-state index contributed by atoms with van der Waals surface area (Å²) in [6.45, 7) is 0. The number of anilines is 3. The third-order valence-electron chi connectivity index (χ3n) is 5.18. The third kappa shape index (κ3) is 6.12. The first-order chi connectivity index (χ1) is 17.3. The molecule has 0 aliphatic rings. The zero-order valence-corrected chi connectivity index (χ0v) is 21.4. The van der Waals surface area contributed by atoms with Crippen LogP contribution in [-0.2, 0) is 0 Å². The maximum atomic E-state index is 13.1. The highest BCUT2D eigenvalue weighted by Gasteiger charge is 2.18. The number of benzene rings is 4. The number of carbonyl (C=O) groups is 3. The summed E-state index contributed by atoms with van der Waals surface area (Å²) in [5.41, 5.74) is 1.88. The number of nitrogens with one attached hydrogen (secondary N) is 3. The van der Waals surface area contributed by atoms with Crippen molar-refractivity contribution in [3.63, 3.8) is 0 Å². The molecule has 180 valence electrons. The largest absolute Gasteiger partial charge is 0.321 e. The van der Waals surface area contributed by atoms with E-state index in [1.807, 2.05) is 0 Å². The topological polar surface area (TPSA) is 87.3 Å². The summed E-state index contributed by atoms with van der Waals surface area (Å²) in [7, 11) is 0. The molecule has 0 atom stereocenters. The van der Waals surface area contributed by atoms with Gasteiger partial charge < -0.3 is 16.0 Å². The first-order valence-corrected chi connectivity index (χ1v) is 12.1. The van der Waals surface area contributed by atoms with Crippen molar-refractivity contribution >= 4 is 72.7 Å². The highest BCUT2D eigenvalue weighted by atomic mass is 32.1. The van der Waals surface area contributed by atoms with Crippen LogP contribution < -0.4 is 16.0 Å². The smallest absolute Gasteiger partial charge is 0.255 e. The summed E-state index contributed by atoms with van der Waals surface area (Å²) in [6.07, 6.45) is 0. The van der Waals surface area contributed by atoms with E-state index in [0.717, 1.165) is 0 Å². The summed E-state index contributed by atoms with van der Waals surface area (Å²) in [4.78, 5) is 41.1. The molecule has 0 saturated carbocycles. The molecule has 0 aromatic heterocycles. The first-order valence-electron chi connectivity index (χ1n) is 10.7. The predicted molar refractivity (Wildman–Crippen MR) is 151 cm³/mol. The van der Waals surface area contributed by atoms with Gasteiger partial charge in [0.05, 0.1) is 17.1 Å². The SMILES string of the molecule is O=C(Nc1ccccc1S)c1cc(C(=O)Nc2ccccc2S)cc(C(=O)Nc2ccccc2S)c1. The number of rotatable bonds is 6. The zero-order chi connectivity index (χ0) is 25.7. The Morgan fingerprint density at radius 3 is 0.944 bits per heavy atom. The van der Waals surface area contributed by atoms with E-state index in [4.69, 9.17) is 0 Å². The number of thiol groups is 3. The van der Waals surface area contributed by atoms with Crippen LogP contribution in [0.4, 0.5) is 17.1 Å². The maximum absolute atomic E-state index is 13.1. The van der Waals surface area contributed by atoms with Gasteiger partial charge in [-0.1, -0.05) is 36.4 Å². The van der Waals surface area contributed by atoms with Gasteiger partial charge in [-0.3, -0.25) is 14.4 Å². The van der Waals surface area contributed by atoms with E-state index in [2.05, 4.69) is 53.8 Å². The van der Waals surface area contributed by atoms with E-state index in [1.54, 1.807) is 72.8 Å². The molecule has 4 aromatic rings. The molecule has 0 aliphatic carbocycles. The Labute approximate surface area is 224 Å². The fourth-order valence-electron chi connectivity index (χ4n) is 3.34. The standard InChI is InChI=1S/C27H21N3O3S3/c31-25(28-19-7-1-4-10-22(19)34)16-13-17(26(32)29-20-8-2-5-11-23(20)35)15-18(14-16)27(33)30-21-9-3-6-12-24(21)36/h1-15,34-36H,(H,28,31)(H,29,32)(H,30,33). The van der Waals surface area contributed by atoms with Gasteiger partial charge >= 0.3 is 0 Å². The van der Waals surface area contributed by atoms with Crippen molar-refractivity contribution in [2.75, 3.05) is 16.0 Å². The van der Waals surface area contributed by atoms with Crippen molar-refractivity contribution in [2.45, 2.75) is 14.7 Å². The first kappa shape index (κ1) is 25.4. The van der Waals surface area contributed by atoms with Crippen molar-refractivity contribution in [3.8, 4) is 0 Å². The van der Waals surface area contributed by atoms with E-state index < -0.39 is 17.7 Å². The quantitative estimate of drug-likeness (QED) is 0.165. The van der Waals surface area contributed by atoms with E-state index >= 15 is 0 Å². The summed E-state index contributed by atoms with van der Waals surface area (Å²) in [5, 5.41) is 8.32. The molecule has 9 heteroatoms. The number of para-hydroxylation sites is 3. The molecule has 0 spiro atoms. The van der Waals surface area contributed by atoms with Crippen molar-refractivity contribution in [1.82, 2.24) is 0 Å². The third-order valence-corrected chi connectivity index (χ3v) is 6.35. The van der Waals surface area contributed by atoms with Crippen molar-refractivity contribution in [3.05, 3.63) is 108 Å². The lowest BCUT2D eigenvalue weighted by molar-refractivity contribution is 0.102. The van der Waals surface area contributed by atoms with Crippen LogP contribution in [0.25, 0.3) is 0 Å². The highest BCUT2D eigenvalue weighted by Crippen LogP contribution is 2.24. The predicted octanol–water partition coefficient (Wildman–Crippen LogP) is 6.31. The fourth-order valence-corrected chi connectivity index (χ4v) is 3.99. The lowest BCUT2D eigenvalue weighted by atomic mass is 10.0. The zero-order valence-electron chi connectivity index (χ0n) is 18.7. The Morgan fingerprint density at radius 2 is 0.694 bits per heavy atom. The Balaban J connectivity index is 1.69. The van der Waals surface area contributed by atoms with Gasteiger partial charge in [-0.2, -0.15) is 0 Å². The molecule has 0 heterocycles. The second-order valence-electron chi connectivity index (χ2n) is 7.71. The van der Waals surface area contributed by atoms with E-state index in [0.29, 0.717) is 31.7 Å². The lowest BCUT2D eigenvalue weighted by Crippen LogP contribution is -2.19. The van der Waals surface area contributed by atoms with Crippen LogP contribution in [0.15, 0.2) is 106 Å². The van der Waals surface area contributed by atoms with Gasteiger partial charge in [-0.25, -0.2) is 0 Å². The number of amides is 3. The minimum Gasteiger partial charge on any atom is -0.321 e. The molecule has 3 amide bonds. The number of hydrogen-bond donors (Lipinski definition) is 6. The Morgan fingerprint density at radius 1 is 0.444 bits per heavy atom. The lowest BCUT2D eigenvalue weighted by Gasteiger charge is -2.13. The molecule has 0 aliphatic heterocycles. The molecular weight excluding hydrogens is 511 g/mol. The van der Waals surface area contributed by atoms with Crippen LogP contribution in [0.3, 0.4) is 0 Å². The average molecular weight is 532 g/mol. The second-order valence-corrected chi connectivity index (χ2v) is 9.16. The molecule has 0 bridgehead atoms. The molecule has 0 unspecified atom stereocenters. The van der Waals surface area contributed by atoms with Crippen LogP contribution in [0, 0.1) is 0 Å². The monoisotopic (exact) mass is 531 g/mol. The van der Waals surface area contributed by atoms with Crippen LogP contribution in [-0.4, -0.2) is 17.7 Å². The van der Waals surface area contributed by atoms with Crippen molar-refractivity contribution < 1.29 is 14.4 Å². The average Bonchev–Trinajstić information content (AvgIpc) is 2.87. The van der Waals surface area contributed by atoms with Gasteiger partial charge in [-0.05, 0) is 54.6 Å². The summed E-state index contributed by atoms with van der Waals surface area (Å²) < 4.78 is 0. The molecule has 0 saturated heterocycles. The Bertz CT molecular complexity index is 1290.